The Morgan fingerprint density at radius 3 is 2.39 bits per heavy atom. The smallest absolute Gasteiger partial charge is 0.237 e. The van der Waals surface area contributed by atoms with E-state index in [1.165, 1.54) is 25.7 Å². The fraction of sp³-hybridized carbons (Fsp3) is 0.824. The number of hydrogen-bond acceptors (Lipinski definition) is 5. The van der Waals surface area contributed by atoms with Gasteiger partial charge in [0.25, 0.3) is 0 Å². The van der Waals surface area contributed by atoms with Crippen LogP contribution in [0.3, 0.4) is 0 Å². The van der Waals surface area contributed by atoms with Crippen LogP contribution in [-0.4, -0.2) is 40.1 Å². The molecule has 0 bridgehead atoms. The van der Waals surface area contributed by atoms with Crippen LogP contribution in [0.25, 0.3) is 0 Å². The standard InChI is InChI=1S/C17H28N4O2/c1-13(21-11-7-3-4-8-12-21)15(22)19-17(9-5-6-10-17)16-18-14(2)23-20-16/h13H,3-12H2,1-2H3,(H,19,22). The van der Waals surface area contributed by atoms with Gasteiger partial charge in [-0.15, -0.1) is 0 Å². The molecule has 1 saturated carbocycles. The van der Waals surface area contributed by atoms with Crippen molar-refractivity contribution in [3.05, 3.63) is 11.7 Å². The Hall–Kier alpha value is -1.43. The number of nitrogens with one attached hydrogen (secondary N) is 1. The quantitative estimate of drug-likeness (QED) is 0.923. The number of aryl methyl sites for hydroxylation is 1. The van der Waals surface area contributed by atoms with Crippen LogP contribution in [0, 0.1) is 6.92 Å². The van der Waals surface area contributed by atoms with E-state index in [0.717, 1.165) is 38.8 Å². The molecule has 1 unspecified atom stereocenters. The van der Waals surface area contributed by atoms with Gasteiger partial charge < -0.3 is 9.84 Å². The van der Waals surface area contributed by atoms with Crippen molar-refractivity contribution in [2.24, 2.45) is 0 Å². The molecule has 2 heterocycles. The molecule has 0 aromatic carbocycles. The van der Waals surface area contributed by atoms with Crippen LogP contribution in [0.4, 0.5) is 0 Å². The molecule has 6 nitrogen and oxygen atoms in total. The molecule has 6 heteroatoms. The highest BCUT2D eigenvalue weighted by Crippen LogP contribution is 2.37. The Morgan fingerprint density at radius 1 is 1.17 bits per heavy atom. The molecular weight excluding hydrogens is 292 g/mol. The van der Waals surface area contributed by atoms with E-state index >= 15 is 0 Å². The van der Waals surface area contributed by atoms with Crippen LogP contribution in [0.15, 0.2) is 4.52 Å². The number of rotatable bonds is 4. The Bertz CT molecular complexity index is 528. The van der Waals surface area contributed by atoms with Gasteiger partial charge in [0.2, 0.25) is 11.8 Å². The normalized spacial score (nSPS) is 23.4. The molecule has 2 fully saturated rings. The number of nitrogens with zero attached hydrogens (tertiary/aromatic N) is 3. The van der Waals surface area contributed by atoms with Crippen LogP contribution < -0.4 is 5.32 Å². The zero-order valence-electron chi connectivity index (χ0n) is 14.3. The number of amides is 1. The minimum absolute atomic E-state index is 0.0938. The Kier molecular flexibility index (Phi) is 4.99. The fourth-order valence-electron chi connectivity index (χ4n) is 3.87. The second-order valence-corrected chi connectivity index (χ2v) is 7.04. The predicted octanol–water partition coefficient (Wildman–Crippen LogP) is 2.53. The molecule has 1 amide bonds. The third-order valence-electron chi connectivity index (χ3n) is 5.34. The van der Waals surface area contributed by atoms with Crippen LogP contribution in [0.2, 0.25) is 0 Å². The number of hydrogen-bond donors (Lipinski definition) is 1. The summed E-state index contributed by atoms with van der Waals surface area (Å²) in [7, 11) is 0. The van der Waals surface area contributed by atoms with Crippen LogP contribution in [0.1, 0.15) is 70.0 Å². The molecule has 1 aliphatic carbocycles. The number of aromatic nitrogens is 2. The van der Waals surface area contributed by atoms with Crippen molar-refractivity contribution in [2.75, 3.05) is 13.1 Å². The lowest BCUT2D eigenvalue weighted by Crippen LogP contribution is -2.52. The van der Waals surface area contributed by atoms with Crippen molar-refractivity contribution in [1.29, 1.82) is 0 Å². The second kappa shape index (κ2) is 6.99. The summed E-state index contributed by atoms with van der Waals surface area (Å²) in [4.78, 5) is 19.6. The third kappa shape index (κ3) is 3.57. The highest BCUT2D eigenvalue weighted by atomic mass is 16.5. The summed E-state index contributed by atoms with van der Waals surface area (Å²) in [5.41, 5.74) is -0.436. The van der Waals surface area contributed by atoms with Gasteiger partial charge in [-0.1, -0.05) is 30.8 Å². The Morgan fingerprint density at radius 2 is 1.83 bits per heavy atom. The van der Waals surface area contributed by atoms with Gasteiger partial charge in [0, 0.05) is 6.92 Å². The Balaban J connectivity index is 1.71. The van der Waals surface area contributed by atoms with Crippen molar-refractivity contribution >= 4 is 5.91 Å². The SMILES string of the molecule is Cc1nc(C2(NC(=O)C(C)N3CCCCCC3)CCCC2)no1. The van der Waals surface area contributed by atoms with Crippen LogP contribution >= 0.6 is 0 Å². The number of carbonyl (C=O) groups is 1. The summed E-state index contributed by atoms with van der Waals surface area (Å²) in [6, 6.07) is -0.0985. The van der Waals surface area contributed by atoms with E-state index in [0.29, 0.717) is 11.7 Å². The van der Waals surface area contributed by atoms with E-state index in [-0.39, 0.29) is 11.9 Å². The second-order valence-electron chi connectivity index (χ2n) is 7.04. The molecule has 0 radical (unpaired) electrons. The minimum Gasteiger partial charge on any atom is -0.342 e. The molecule has 1 N–H and O–H groups in total. The summed E-state index contributed by atoms with van der Waals surface area (Å²) in [5.74, 6) is 1.29. The molecule has 1 saturated heterocycles. The van der Waals surface area contributed by atoms with Gasteiger partial charge in [-0.25, -0.2) is 0 Å². The van der Waals surface area contributed by atoms with Crippen molar-refractivity contribution in [3.8, 4) is 0 Å². The van der Waals surface area contributed by atoms with Crippen molar-refractivity contribution in [2.45, 2.75) is 76.8 Å². The Labute approximate surface area is 138 Å². The van der Waals surface area contributed by atoms with Crippen molar-refractivity contribution in [1.82, 2.24) is 20.4 Å². The topological polar surface area (TPSA) is 71.3 Å². The minimum atomic E-state index is -0.436. The lowest BCUT2D eigenvalue weighted by molar-refractivity contribution is -0.128. The maximum atomic E-state index is 12.9. The van der Waals surface area contributed by atoms with Crippen molar-refractivity contribution in [3.63, 3.8) is 0 Å². The highest BCUT2D eigenvalue weighted by molar-refractivity contribution is 5.82. The van der Waals surface area contributed by atoms with Gasteiger partial charge in [-0.2, -0.15) is 4.98 Å². The van der Waals surface area contributed by atoms with Crippen LogP contribution in [-0.2, 0) is 10.3 Å². The van der Waals surface area contributed by atoms with E-state index in [4.69, 9.17) is 4.52 Å². The van der Waals surface area contributed by atoms with Gasteiger partial charge >= 0.3 is 0 Å². The lowest BCUT2D eigenvalue weighted by Gasteiger charge is -2.32. The summed E-state index contributed by atoms with van der Waals surface area (Å²) in [6.07, 6.45) is 8.89. The van der Waals surface area contributed by atoms with E-state index in [9.17, 15) is 4.79 Å². The van der Waals surface area contributed by atoms with E-state index in [1.54, 1.807) is 6.92 Å². The number of carbonyl (C=O) groups excluding carboxylic acids is 1. The molecule has 1 aromatic rings. The fourth-order valence-corrected chi connectivity index (χ4v) is 3.87. The van der Waals surface area contributed by atoms with Gasteiger partial charge in [-0.3, -0.25) is 9.69 Å². The average molecular weight is 320 g/mol. The lowest BCUT2D eigenvalue weighted by atomic mass is 9.96. The van der Waals surface area contributed by atoms with Gasteiger partial charge in [0.05, 0.1) is 6.04 Å². The molecule has 1 aromatic heterocycles. The monoisotopic (exact) mass is 320 g/mol. The first-order chi connectivity index (χ1) is 11.1. The van der Waals surface area contributed by atoms with E-state index in [2.05, 4.69) is 20.4 Å². The zero-order chi connectivity index (χ0) is 16.3. The highest BCUT2D eigenvalue weighted by Gasteiger charge is 2.42. The molecule has 0 spiro atoms. The molecule has 3 rings (SSSR count). The van der Waals surface area contributed by atoms with Gasteiger partial charge in [-0.05, 0) is 45.7 Å². The maximum Gasteiger partial charge on any atom is 0.237 e. The first kappa shape index (κ1) is 16.4. The van der Waals surface area contributed by atoms with E-state index in [1.807, 2.05) is 6.92 Å². The predicted molar refractivity (Wildman–Crippen MR) is 86.8 cm³/mol. The first-order valence-corrected chi connectivity index (χ1v) is 8.98. The molecule has 2 aliphatic rings. The molecule has 128 valence electrons. The van der Waals surface area contributed by atoms with Crippen LogP contribution in [0.5, 0.6) is 0 Å². The van der Waals surface area contributed by atoms with E-state index < -0.39 is 5.54 Å². The third-order valence-corrected chi connectivity index (χ3v) is 5.34. The number of likely N-dealkylation sites (tertiary alicyclic amines) is 1. The molecule has 1 aliphatic heterocycles. The van der Waals surface area contributed by atoms with Gasteiger partial charge in [0.1, 0.15) is 5.54 Å². The average Bonchev–Trinajstić information content (AvgIpc) is 3.09. The summed E-state index contributed by atoms with van der Waals surface area (Å²) in [6.45, 7) is 5.84. The first-order valence-electron chi connectivity index (χ1n) is 8.98. The largest absolute Gasteiger partial charge is 0.342 e. The molecule has 23 heavy (non-hydrogen) atoms. The summed E-state index contributed by atoms with van der Waals surface area (Å²) < 4.78 is 5.15. The summed E-state index contributed by atoms with van der Waals surface area (Å²) >= 11 is 0. The zero-order valence-corrected chi connectivity index (χ0v) is 14.3. The maximum absolute atomic E-state index is 12.9. The molecule has 1 atom stereocenters. The van der Waals surface area contributed by atoms with Crippen molar-refractivity contribution < 1.29 is 9.32 Å². The summed E-state index contributed by atoms with van der Waals surface area (Å²) in [5, 5.41) is 7.37. The molecular formula is C17H28N4O2. The van der Waals surface area contributed by atoms with Gasteiger partial charge in [0.15, 0.2) is 5.82 Å².